The molecule has 4 heteroatoms. The summed E-state index contributed by atoms with van der Waals surface area (Å²) in [6.45, 7) is 6.50. The van der Waals surface area contributed by atoms with Crippen LogP contribution in [0, 0.1) is 20.8 Å². The van der Waals surface area contributed by atoms with Gasteiger partial charge in [-0.1, -0.05) is 17.7 Å². The van der Waals surface area contributed by atoms with E-state index in [9.17, 15) is 0 Å². The number of hydrogen-bond acceptors (Lipinski definition) is 1. The van der Waals surface area contributed by atoms with Crippen molar-refractivity contribution in [2.45, 2.75) is 20.8 Å². The molecule has 0 saturated carbocycles. The van der Waals surface area contributed by atoms with Gasteiger partial charge in [-0.15, -0.1) is 0 Å². The van der Waals surface area contributed by atoms with Crippen LogP contribution in [0.3, 0.4) is 0 Å². The summed E-state index contributed by atoms with van der Waals surface area (Å²) >= 11 is 0. The molecule has 0 unspecified atom stereocenters. The normalized spacial score (nSPS) is 15.0. The van der Waals surface area contributed by atoms with Crippen molar-refractivity contribution < 1.29 is 0 Å². The molecule has 1 aliphatic rings. The third-order valence-corrected chi connectivity index (χ3v) is 5.54. The second kappa shape index (κ2) is 7.23. The molecule has 30 heavy (non-hydrogen) atoms. The van der Waals surface area contributed by atoms with Gasteiger partial charge in [0.2, 0.25) is 0 Å². The molecule has 4 nitrogen and oxygen atoms in total. The van der Waals surface area contributed by atoms with Crippen LogP contribution in [-0.2, 0) is 0 Å². The Morgan fingerprint density at radius 2 is 1.47 bits per heavy atom. The van der Waals surface area contributed by atoms with Gasteiger partial charge in [-0.25, -0.2) is 4.99 Å². The van der Waals surface area contributed by atoms with Crippen molar-refractivity contribution in [3.8, 4) is 11.4 Å². The van der Waals surface area contributed by atoms with E-state index < -0.39 is 0 Å². The largest absolute Gasteiger partial charge is 0.360 e. The lowest BCUT2D eigenvalue weighted by Crippen LogP contribution is -2.00. The van der Waals surface area contributed by atoms with E-state index in [-0.39, 0.29) is 0 Å². The molecule has 4 heterocycles. The van der Waals surface area contributed by atoms with Crippen LogP contribution in [0.5, 0.6) is 0 Å². The van der Waals surface area contributed by atoms with Crippen LogP contribution in [0.25, 0.3) is 17.0 Å². The van der Waals surface area contributed by atoms with Crippen LogP contribution in [0.2, 0.25) is 0 Å². The molecule has 3 aromatic heterocycles. The van der Waals surface area contributed by atoms with Crippen molar-refractivity contribution >= 4 is 11.3 Å². The lowest BCUT2D eigenvalue weighted by atomic mass is 9.91. The standard InChI is InChI=1S/C26H24N4/c1-16-14-17(2)25(18(3)15-16)26(23-10-8-21(29-23)19-6-4-12-27-19)24-11-9-22(30-24)20-7-5-13-28-20/h4-15,27-29H,1-3H3/b26-24+. The average molecular weight is 393 g/mol. The molecule has 3 N–H and O–H groups in total. The smallest absolute Gasteiger partial charge is 0.0872 e. The summed E-state index contributed by atoms with van der Waals surface area (Å²) in [6.07, 6.45) is 8.06. The number of aliphatic imine (C=N–C) groups is 1. The third-order valence-electron chi connectivity index (χ3n) is 5.54. The highest BCUT2D eigenvalue weighted by atomic mass is 14.8. The SMILES string of the molecule is Cc1cc(C)c(/C(=C2\C=CC(c3ccc[nH]3)=N2)c2ccc(-c3ccc[nH]3)[nH]2)c(C)c1. The van der Waals surface area contributed by atoms with Crippen molar-refractivity contribution in [2.75, 3.05) is 0 Å². The van der Waals surface area contributed by atoms with Gasteiger partial charge in [0.1, 0.15) is 0 Å². The van der Waals surface area contributed by atoms with Gasteiger partial charge in [0.25, 0.3) is 0 Å². The number of H-pyrrole nitrogens is 3. The van der Waals surface area contributed by atoms with Crippen LogP contribution in [0.1, 0.15) is 33.6 Å². The van der Waals surface area contributed by atoms with Gasteiger partial charge in [0.05, 0.1) is 28.5 Å². The molecular formula is C26H24N4. The van der Waals surface area contributed by atoms with Gasteiger partial charge in [-0.05, 0) is 86.0 Å². The van der Waals surface area contributed by atoms with Crippen molar-refractivity contribution in [2.24, 2.45) is 4.99 Å². The minimum absolute atomic E-state index is 0.950. The molecule has 1 aliphatic heterocycles. The number of aromatic nitrogens is 3. The van der Waals surface area contributed by atoms with E-state index in [0.29, 0.717) is 0 Å². The molecular weight excluding hydrogens is 368 g/mol. The molecule has 0 spiro atoms. The zero-order valence-corrected chi connectivity index (χ0v) is 17.4. The predicted molar refractivity (Wildman–Crippen MR) is 124 cm³/mol. The monoisotopic (exact) mass is 392 g/mol. The first-order valence-electron chi connectivity index (χ1n) is 10.2. The number of allylic oxidation sites excluding steroid dienone is 2. The van der Waals surface area contributed by atoms with Gasteiger partial charge < -0.3 is 15.0 Å². The molecule has 0 aliphatic carbocycles. The van der Waals surface area contributed by atoms with E-state index in [1.165, 1.54) is 22.3 Å². The Kier molecular flexibility index (Phi) is 4.40. The van der Waals surface area contributed by atoms with E-state index in [1.807, 2.05) is 30.6 Å². The number of aromatic amines is 3. The zero-order valence-electron chi connectivity index (χ0n) is 17.4. The molecule has 0 atom stereocenters. The average Bonchev–Trinajstić information content (AvgIpc) is 3.51. The van der Waals surface area contributed by atoms with Crippen LogP contribution in [0.15, 0.2) is 83.8 Å². The summed E-state index contributed by atoms with van der Waals surface area (Å²) in [7, 11) is 0. The maximum absolute atomic E-state index is 4.99. The van der Waals surface area contributed by atoms with E-state index in [0.717, 1.165) is 39.8 Å². The highest BCUT2D eigenvalue weighted by Gasteiger charge is 2.20. The lowest BCUT2D eigenvalue weighted by molar-refractivity contribution is 1.24. The lowest BCUT2D eigenvalue weighted by Gasteiger charge is -2.16. The van der Waals surface area contributed by atoms with Crippen molar-refractivity contribution in [3.63, 3.8) is 0 Å². The first kappa shape index (κ1) is 18.3. The third kappa shape index (κ3) is 3.16. The summed E-state index contributed by atoms with van der Waals surface area (Å²) in [5.74, 6) is 0. The predicted octanol–water partition coefficient (Wildman–Crippen LogP) is 6.08. The molecule has 148 valence electrons. The molecule has 1 aromatic carbocycles. The Labute approximate surface area is 176 Å². The molecule has 0 fully saturated rings. The van der Waals surface area contributed by atoms with E-state index in [2.05, 4.69) is 78.2 Å². The highest BCUT2D eigenvalue weighted by molar-refractivity contribution is 6.11. The topological polar surface area (TPSA) is 59.7 Å². The quantitative estimate of drug-likeness (QED) is 0.377. The minimum atomic E-state index is 0.950. The van der Waals surface area contributed by atoms with Gasteiger partial charge in [-0.2, -0.15) is 0 Å². The molecule has 0 radical (unpaired) electrons. The number of hydrogen-bond donors (Lipinski definition) is 3. The number of benzene rings is 1. The Balaban J connectivity index is 1.72. The first-order valence-corrected chi connectivity index (χ1v) is 10.2. The number of aryl methyl sites for hydroxylation is 3. The first-order chi connectivity index (χ1) is 14.6. The van der Waals surface area contributed by atoms with Gasteiger partial charge in [0.15, 0.2) is 0 Å². The summed E-state index contributed by atoms with van der Waals surface area (Å²) in [5, 5.41) is 0. The van der Waals surface area contributed by atoms with Gasteiger partial charge >= 0.3 is 0 Å². The highest BCUT2D eigenvalue weighted by Crippen LogP contribution is 2.35. The fraction of sp³-hybridized carbons (Fsp3) is 0.115. The van der Waals surface area contributed by atoms with Crippen LogP contribution in [0.4, 0.5) is 0 Å². The van der Waals surface area contributed by atoms with Gasteiger partial charge in [-0.3, -0.25) is 0 Å². The minimum Gasteiger partial charge on any atom is -0.360 e. The number of nitrogens with one attached hydrogen (secondary N) is 3. The van der Waals surface area contributed by atoms with Crippen LogP contribution >= 0.6 is 0 Å². The van der Waals surface area contributed by atoms with Crippen LogP contribution in [-0.4, -0.2) is 20.7 Å². The maximum Gasteiger partial charge on any atom is 0.0872 e. The van der Waals surface area contributed by atoms with E-state index >= 15 is 0 Å². The fourth-order valence-corrected chi connectivity index (χ4v) is 4.31. The Morgan fingerprint density at radius 3 is 2.13 bits per heavy atom. The Hall–Kier alpha value is -3.79. The summed E-state index contributed by atoms with van der Waals surface area (Å²) in [5.41, 5.74) is 12.3. The van der Waals surface area contributed by atoms with E-state index in [4.69, 9.17) is 4.99 Å². The summed E-state index contributed by atoms with van der Waals surface area (Å²) in [6, 6.07) is 16.9. The van der Waals surface area contributed by atoms with Gasteiger partial charge in [0, 0.05) is 23.7 Å². The molecule has 4 aromatic rings. The molecule has 0 saturated heterocycles. The van der Waals surface area contributed by atoms with E-state index in [1.54, 1.807) is 0 Å². The maximum atomic E-state index is 4.99. The molecule has 0 amide bonds. The Bertz CT molecular complexity index is 1270. The molecule has 0 bridgehead atoms. The summed E-state index contributed by atoms with van der Waals surface area (Å²) in [4.78, 5) is 15.1. The fourth-order valence-electron chi connectivity index (χ4n) is 4.31. The second-order valence-corrected chi connectivity index (χ2v) is 7.82. The Morgan fingerprint density at radius 1 is 0.767 bits per heavy atom. The summed E-state index contributed by atoms with van der Waals surface area (Å²) < 4.78 is 0. The molecule has 5 rings (SSSR count). The zero-order chi connectivity index (χ0) is 20.7. The number of nitrogens with zero attached hydrogens (tertiary/aromatic N) is 1. The van der Waals surface area contributed by atoms with Crippen molar-refractivity contribution in [3.05, 3.63) is 112 Å². The van der Waals surface area contributed by atoms with Crippen molar-refractivity contribution in [1.82, 2.24) is 15.0 Å². The van der Waals surface area contributed by atoms with Crippen molar-refractivity contribution in [1.29, 1.82) is 0 Å². The number of rotatable bonds is 4. The van der Waals surface area contributed by atoms with Crippen LogP contribution < -0.4 is 0 Å². The second-order valence-electron chi connectivity index (χ2n) is 7.82.